The van der Waals surface area contributed by atoms with E-state index in [1.165, 1.54) is 11.3 Å². The Bertz CT molecular complexity index is 565. The van der Waals surface area contributed by atoms with E-state index in [9.17, 15) is 9.59 Å². The number of nitrogens with zero attached hydrogens (tertiary/aromatic N) is 2. The zero-order valence-corrected chi connectivity index (χ0v) is 15.1. The summed E-state index contributed by atoms with van der Waals surface area (Å²) in [5.74, 6) is 0.140. The average molecular weight is 338 g/mol. The molecule has 0 saturated carbocycles. The van der Waals surface area contributed by atoms with Crippen LogP contribution in [0.5, 0.6) is 0 Å². The summed E-state index contributed by atoms with van der Waals surface area (Å²) in [5.41, 5.74) is 1.17. The van der Waals surface area contributed by atoms with Crippen LogP contribution in [0.15, 0.2) is 5.38 Å². The highest BCUT2D eigenvalue weighted by Gasteiger charge is 2.26. The molecule has 2 rings (SSSR count). The van der Waals surface area contributed by atoms with Gasteiger partial charge in [-0.2, -0.15) is 0 Å². The lowest BCUT2D eigenvalue weighted by Crippen LogP contribution is -2.40. The maximum atomic E-state index is 12.0. The summed E-state index contributed by atoms with van der Waals surface area (Å²) >= 11 is 1.44. The molecule has 0 aromatic carbocycles. The second-order valence-corrected chi connectivity index (χ2v) is 8.02. The van der Waals surface area contributed by atoms with Gasteiger partial charge in [0.05, 0.1) is 5.69 Å². The molecule has 0 spiro atoms. The van der Waals surface area contributed by atoms with Crippen molar-refractivity contribution in [1.82, 2.24) is 15.2 Å². The van der Waals surface area contributed by atoms with Crippen LogP contribution in [0.3, 0.4) is 0 Å². The molecule has 1 aliphatic rings. The van der Waals surface area contributed by atoms with Crippen molar-refractivity contribution in [1.29, 1.82) is 0 Å². The molecular formula is C16H26N4O2S. The molecule has 2 heterocycles. The van der Waals surface area contributed by atoms with E-state index >= 15 is 0 Å². The Morgan fingerprint density at radius 2 is 2.17 bits per heavy atom. The van der Waals surface area contributed by atoms with Gasteiger partial charge in [-0.1, -0.05) is 27.7 Å². The first-order valence-corrected chi connectivity index (χ1v) is 8.94. The van der Waals surface area contributed by atoms with Crippen molar-refractivity contribution in [3.8, 4) is 0 Å². The molecule has 2 N–H and O–H groups in total. The molecule has 0 bridgehead atoms. The van der Waals surface area contributed by atoms with Gasteiger partial charge in [0.1, 0.15) is 0 Å². The summed E-state index contributed by atoms with van der Waals surface area (Å²) in [6.07, 6.45) is 2.18. The van der Waals surface area contributed by atoms with Gasteiger partial charge in [-0.15, -0.1) is 11.3 Å². The summed E-state index contributed by atoms with van der Waals surface area (Å²) in [4.78, 5) is 29.9. The van der Waals surface area contributed by atoms with Crippen LogP contribution in [0, 0.1) is 5.41 Å². The summed E-state index contributed by atoms with van der Waals surface area (Å²) in [5, 5.41) is 8.30. The third-order valence-electron chi connectivity index (χ3n) is 3.66. The minimum absolute atomic E-state index is 0.0134. The topological polar surface area (TPSA) is 74.3 Å². The van der Waals surface area contributed by atoms with Crippen LogP contribution in [0.25, 0.3) is 0 Å². The monoisotopic (exact) mass is 338 g/mol. The third kappa shape index (κ3) is 5.49. The molecule has 1 aromatic heterocycles. The van der Waals surface area contributed by atoms with E-state index in [2.05, 4.69) is 36.4 Å². The Morgan fingerprint density at radius 1 is 1.43 bits per heavy atom. The third-order valence-corrected chi connectivity index (χ3v) is 4.47. The highest BCUT2D eigenvalue weighted by Crippen LogP contribution is 2.23. The van der Waals surface area contributed by atoms with Crippen LogP contribution in [0.1, 0.15) is 46.2 Å². The maximum Gasteiger partial charge on any atom is 0.321 e. The lowest BCUT2D eigenvalue weighted by molar-refractivity contribution is -0.129. The number of thiazole rings is 1. The van der Waals surface area contributed by atoms with Gasteiger partial charge >= 0.3 is 6.03 Å². The van der Waals surface area contributed by atoms with Crippen molar-refractivity contribution in [3.63, 3.8) is 0 Å². The van der Waals surface area contributed by atoms with Crippen molar-refractivity contribution in [3.05, 3.63) is 11.1 Å². The second-order valence-electron chi connectivity index (χ2n) is 7.16. The molecule has 6 nitrogen and oxygen atoms in total. The molecule has 0 aliphatic carbocycles. The minimum Gasteiger partial charge on any atom is -0.341 e. The van der Waals surface area contributed by atoms with Gasteiger partial charge in [0.25, 0.3) is 0 Å². The fourth-order valence-electron chi connectivity index (χ4n) is 2.64. The number of urea groups is 1. The molecule has 1 atom stereocenters. The van der Waals surface area contributed by atoms with Crippen LogP contribution in [0.4, 0.5) is 9.93 Å². The van der Waals surface area contributed by atoms with E-state index in [0.717, 1.165) is 18.5 Å². The number of nitrogens with one attached hydrogen (secondary N) is 2. The van der Waals surface area contributed by atoms with Crippen molar-refractivity contribution >= 4 is 28.4 Å². The van der Waals surface area contributed by atoms with Crippen molar-refractivity contribution in [2.45, 2.75) is 53.0 Å². The SMILES string of the molecule is CCC(=O)N1CC[C@H](NC(=O)Nc2nc(CC(C)(C)C)cs2)C1. The Morgan fingerprint density at radius 3 is 2.83 bits per heavy atom. The Kier molecular flexibility index (Phi) is 5.62. The van der Waals surface area contributed by atoms with Gasteiger partial charge in [0.2, 0.25) is 5.91 Å². The lowest BCUT2D eigenvalue weighted by atomic mass is 9.91. The molecule has 3 amide bonds. The van der Waals surface area contributed by atoms with E-state index in [0.29, 0.717) is 24.6 Å². The Balaban J connectivity index is 1.80. The second kappa shape index (κ2) is 7.29. The number of hydrogen-bond acceptors (Lipinski definition) is 4. The van der Waals surface area contributed by atoms with Crippen LogP contribution in [-0.4, -0.2) is 41.0 Å². The predicted molar refractivity (Wildman–Crippen MR) is 92.7 cm³/mol. The highest BCUT2D eigenvalue weighted by molar-refractivity contribution is 7.13. The van der Waals surface area contributed by atoms with E-state index in [1.54, 1.807) is 4.90 Å². The molecule has 0 radical (unpaired) electrons. The first-order chi connectivity index (χ1) is 10.8. The first kappa shape index (κ1) is 17.7. The molecule has 23 heavy (non-hydrogen) atoms. The van der Waals surface area contributed by atoms with Crippen LogP contribution >= 0.6 is 11.3 Å². The minimum atomic E-state index is -0.252. The van der Waals surface area contributed by atoms with E-state index in [4.69, 9.17) is 0 Å². The fraction of sp³-hybridized carbons (Fsp3) is 0.688. The Labute approximate surface area is 141 Å². The maximum absolute atomic E-state index is 12.0. The number of aromatic nitrogens is 1. The van der Waals surface area contributed by atoms with Gasteiger partial charge in [-0.3, -0.25) is 10.1 Å². The smallest absolute Gasteiger partial charge is 0.321 e. The van der Waals surface area contributed by atoms with E-state index in [-0.39, 0.29) is 23.4 Å². The van der Waals surface area contributed by atoms with Crippen LogP contribution < -0.4 is 10.6 Å². The van der Waals surface area contributed by atoms with Crippen molar-refractivity contribution in [2.75, 3.05) is 18.4 Å². The van der Waals surface area contributed by atoms with Gasteiger partial charge in [-0.25, -0.2) is 9.78 Å². The number of amides is 3. The quantitative estimate of drug-likeness (QED) is 0.886. The van der Waals surface area contributed by atoms with Gasteiger partial charge in [-0.05, 0) is 18.3 Å². The lowest BCUT2D eigenvalue weighted by Gasteiger charge is -2.16. The summed E-state index contributed by atoms with van der Waals surface area (Å²) in [6.45, 7) is 9.64. The Hall–Kier alpha value is -1.63. The molecule has 0 unspecified atom stereocenters. The van der Waals surface area contributed by atoms with Crippen molar-refractivity contribution < 1.29 is 9.59 Å². The number of likely N-dealkylation sites (tertiary alicyclic amines) is 1. The zero-order chi connectivity index (χ0) is 17.0. The number of rotatable bonds is 4. The predicted octanol–water partition coefficient (Wildman–Crippen LogP) is 2.86. The largest absolute Gasteiger partial charge is 0.341 e. The zero-order valence-electron chi connectivity index (χ0n) is 14.3. The standard InChI is InChI=1S/C16H26N4O2S/c1-5-13(21)20-7-6-11(9-20)17-14(22)19-15-18-12(10-23-15)8-16(2,3)4/h10-11H,5-9H2,1-4H3,(H2,17,18,19,22)/t11-/m0/s1. The highest BCUT2D eigenvalue weighted by atomic mass is 32.1. The van der Waals surface area contributed by atoms with Gasteiger partial charge < -0.3 is 10.2 Å². The van der Waals surface area contributed by atoms with E-state index in [1.807, 2.05) is 12.3 Å². The normalized spacial score (nSPS) is 18.1. The number of anilines is 1. The van der Waals surface area contributed by atoms with Gasteiger partial charge in [0.15, 0.2) is 5.13 Å². The van der Waals surface area contributed by atoms with Crippen LogP contribution in [-0.2, 0) is 11.2 Å². The van der Waals surface area contributed by atoms with E-state index < -0.39 is 0 Å². The van der Waals surface area contributed by atoms with Crippen molar-refractivity contribution in [2.24, 2.45) is 5.41 Å². The molecule has 1 aromatic rings. The van der Waals surface area contributed by atoms with Gasteiger partial charge in [0, 0.05) is 30.9 Å². The summed E-state index contributed by atoms with van der Waals surface area (Å²) in [6, 6.07) is -0.239. The molecule has 1 saturated heterocycles. The first-order valence-electron chi connectivity index (χ1n) is 8.06. The number of carbonyl (C=O) groups excluding carboxylic acids is 2. The van der Waals surface area contributed by atoms with Crippen LogP contribution in [0.2, 0.25) is 0 Å². The molecular weight excluding hydrogens is 312 g/mol. The molecule has 128 valence electrons. The molecule has 1 aliphatic heterocycles. The molecule has 7 heteroatoms. The fourth-order valence-corrected chi connectivity index (χ4v) is 3.34. The summed E-state index contributed by atoms with van der Waals surface area (Å²) < 4.78 is 0. The molecule has 1 fully saturated rings. The average Bonchev–Trinajstić information content (AvgIpc) is 3.06. The summed E-state index contributed by atoms with van der Waals surface area (Å²) in [7, 11) is 0. The number of carbonyl (C=O) groups is 2. The number of hydrogen-bond donors (Lipinski definition) is 2.